The number of nitrogens with one attached hydrogen (secondary N) is 1. The maximum atomic E-state index is 13.5. The molecule has 0 radical (unpaired) electrons. The molecule has 1 N–H and O–H groups in total. The molecule has 5 nitrogen and oxygen atoms in total. The van der Waals surface area contributed by atoms with Gasteiger partial charge in [0.05, 0.1) is 24.9 Å². The van der Waals surface area contributed by atoms with Gasteiger partial charge in [0.25, 0.3) is 11.5 Å². The molecule has 1 heterocycles. The number of hydrogen-bond donors (Lipinski definition) is 1. The quantitative estimate of drug-likeness (QED) is 0.462. The Morgan fingerprint density at radius 1 is 1.03 bits per heavy atom. The van der Waals surface area contributed by atoms with Gasteiger partial charge in [-0.25, -0.2) is 0 Å². The van der Waals surface area contributed by atoms with E-state index in [4.69, 9.17) is 16.3 Å². The van der Waals surface area contributed by atoms with E-state index in [0.717, 1.165) is 16.5 Å². The highest BCUT2D eigenvalue weighted by molar-refractivity contribution is 6.31. The molecule has 0 saturated heterocycles. The lowest BCUT2D eigenvalue weighted by atomic mass is 10.1. The summed E-state index contributed by atoms with van der Waals surface area (Å²) in [7, 11) is 1.55. The van der Waals surface area contributed by atoms with Gasteiger partial charge in [-0.2, -0.15) is 0 Å². The van der Waals surface area contributed by atoms with Crippen molar-refractivity contribution in [3.63, 3.8) is 0 Å². The Kier molecular flexibility index (Phi) is 5.78. The van der Waals surface area contributed by atoms with Crippen molar-refractivity contribution in [2.75, 3.05) is 12.0 Å². The molecule has 0 aliphatic carbocycles. The molecule has 0 fully saturated rings. The van der Waals surface area contributed by atoms with Crippen LogP contribution in [0, 0.1) is 6.92 Å². The van der Waals surface area contributed by atoms with Crippen molar-refractivity contribution in [1.82, 2.24) is 4.98 Å². The third-order valence-corrected chi connectivity index (χ3v) is 5.42. The van der Waals surface area contributed by atoms with E-state index in [1.807, 2.05) is 43.3 Å². The minimum atomic E-state index is -0.282. The lowest BCUT2D eigenvalue weighted by molar-refractivity contribution is 0.0984. The van der Waals surface area contributed by atoms with Gasteiger partial charge in [0.1, 0.15) is 5.75 Å². The van der Waals surface area contributed by atoms with Crippen molar-refractivity contribution in [2.24, 2.45) is 0 Å². The second-order valence-electron chi connectivity index (χ2n) is 7.24. The number of H-pyrrole nitrogens is 1. The van der Waals surface area contributed by atoms with Crippen LogP contribution in [0.2, 0.25) is 5.02 Å². The predicted molar refractivity (Wildman–Crippen MR) is 124 cm³/mol. The minimum Gasteiger partial charge on any atom is -0.495 e. The monoisotopic (exact) mass is 432 g/mol. The van der Waals surface area contributed by atoms with Crippen LogP contribution < -0.4 is 15.2 Å². The van der Waals surface area contributed by atoms with Gasteiger partial charge in [-0.1, -0.05) is 48.0 Å². The van der Waals surface area contributed by atoms with Gasteiger partial charge in [0, 0.05) is 16.1 Å². The number of aromatic nitrogens is 1. The van der Waals surface area contributed by atoms with E-state index in [0.29, 0.717) is 27.6 Å². The number of ether oxygens (including phenoxy) is 1. The van der Waals surface area contributed by atoms with Crippen LogP contribution in [-0.2, 0) is 6.54 Å². The summed E-state index contributed by atoms with van der Waals surface area (Å²) in [6.45, 7) is 2.02. The topological polar surface area (TPSA) is 62.4 Å². The van der Waals surface area contributed by atoms with Gasteiger partial charge in [-0.3, -0.25) is 9.59 Å². The fourth-order valence-electron chi connectivity index (χ4n) is 3.61. The first-order valence-electron chi connectivity index (χ1n) is 9.80. The molecule has 0 atom stereocenters. The number of methoxy groups -OCH3 is 1. The van der Waals surface area contributed by atoms with Crippen molar-refractivity contribution in [3.05, 3.63) is 105 Å². The average molecular weight is 433 g/mol. The van der Waals surface area contributed by atoms with E-state index in [-0.39, 0.29) is 18.0 Å². The summed E-state index contributed by atoms with van der Waals surface area (Å²) in [5, 5.41) is 1.37. The van der Waals surface area contributed by atoms with Crippen LogP contribution in [0.15, 0.2) is 77.6 Å². The summed E-state index contributed by atoms with van der Waals surface area (Å²) < 4.78 is 5.48. The molecule has 0 bridgehead atoms. The zero-order valence-electron chi connectivity index (χ0n) is 17.2. The normalized spacial score (nSPS) is 10.8. The number of rotatable bonds is 5. The summed E-state index contributed by atoms with van der Waals surface area (Å²) in [4.78, 5) is 30.9. The number of amides is 1. The van der Waals surface area contributed by atoms with E-state index in [1.165, 1.54) is 4.90 Å². The smallest absolute Gasteiger partial charge is 0.258 e. The largest absolute Gasteiger partial charge is 0.495 e. The van der Waals surface area contributed by atoms with Gasteiger partial charge in [0.15, 0.2) is 0 Å². The maximum absolute atomic E-state index is 13.5. The summed E-state index contributed by atoms with van der Waals surface area (Å²) >= 11 is 6.11. The fourth-order valence-corrected chi connectivity index (χ4v) is 3.80. The number of benzene rings is 3. The second-order valence-corrected chi connectivity index (χ2v) is 7.67. The highest BCUT2D eigenvalue weighted by Crippen LogP contribution is 2.30. The van der Waals surface area contributed by atoms with Crippen molar-refractivity contribution in [3.8, 4) is 5.75 Å². The number of para-hydroxylation sites is 3. The van der Waals surface area contributed by atoms with Crippen LogP contribution in [0.25, 0.3) is 10.9 Å². The number of carbonyl (C=O) groups is 1. The Hall–Kier alpha value is -3.57. The van der Waals surface area contributed by atoms with Crippen LogP contribution >= 0.6 is 11.6 Å². The number of pyridine rings is 1. The number of hydrogen-bond acceptors (Lipinski definition) is 3. The van der Waals surface area contributed by atoms with Gasteiger partial charge in [-0.15, -0.1) is 0 Å². The summed E-state index contributed by atoms with van der Waals surface area (Å²) in [5.41, 5.74) is 3.00. The molecule has 0 spiro atoms. The first kappa shape index (κ1) is 20.7. The standard InChI is InChI=1S/C25H21ClN2O3/c1-16-7-5-8-17-13-19(24(29)27-23(16)17)15-28(21-11-3-4-12-22(21)31-2)25(30)18-9-6-10-20(26)14-18/h3-14H,15H2,1-2H3,(H,27,29). The highest BCUT2D eigenvalue weighted by Gasteiger charge is 2.23. The van der Waals surface area contributed by atoms with Crippen LogP contribution in [-0.4, -0.2) is 18.0 Å². The number of aromatic amines is 1. The van der Waals surface area contributed by atoms with Crippen molar-refractivity contribution in [2.45, 2.75) is 13.5 Å². The van der Waals surface area contributed by atoms with E-state index < -0.39 is 0 Å². The zero-order chi connectivity index (χ0) is 22.0. The van der Waals surface area contributed by atoms with Crippen LogP contribution in [0.4, 0.5) is 5.69 Å². The third kappa shape index (κ3) is 4.18. The Morgan fingerprint density at radius 2 is 1.81 bits per heavy atom. The molecule has 156 valence electrons. The third-order valence-electron chi connectivity index (χ3n) is 5.19. The van der Waals surface area contributed by atoms with E-state index in [2.05, 4.69) is 4.98 Å². The lowest BCUT2D eigenvalue weighted by Gasteiger charge is -2.25. The van der Waals surface area contributed by atoms with Gasteiger partial charge in [-0.05, 0) is 54.3 Å². The number of halogens is 1. The minimum absolute atomic E-state index is 0.0743. The Morgan fingerprint density at radius 3 is 2.58 bits per heavy atom. The van der Waals surface area contributed by atoms with Gasteiger partial charge >= 0.3 is 0 Å². The second kappa shape index (κ2) is 8.66. The molecular formula is C25H21ClN2O3. The number of nitrogens with zero attached hydrogens (tertiary/aromatic N) is 1. The molecular weight excluding hydrogens is 412 g/mol. The summed E-state index contributed by atoms with van der Waals surface area (Å²) in [6, 6.07) is 21.6. The molecule has 0 unspecified atom stereocenters. The van der Waals surface area contributed by atoms with Crippen molar-refractivity contribution < 1.29 is 9.53 Å². The molecule has 0 aliphatic rings. The van der Waals surface area contributed by atoms with E-state index in [1.54, 1.807) is 43.5 Å². The SMILES string of the molecule is COc1ccccc1N(Cc1cc2cccc(C)c2[nH]c1=O)C(=O)c1cccc(Cl)c1. The Bertz CT molecular complexity index is 1330. The molecule has 0 aliphatic heterocycles. The number of aryl methyl sites for hydroxylation is 1. The molecule has 4 aromatic rings. The van der Waals surface area contributed by atoms with Crippen LogP contribution in [0.1, 0.15) is 21.5 Å². The number of fused-ring (bicyclic) bond motifs is 1. The first-order chi connectivity index (χ1) is 15.0. The van der Waals surface area contributed by atoms with E-state index >= 15 is 0 Å². The molecule has 31 heavy (non-hydrogen) atoms. The maximum Gasteiger partial charge on any atom is 0.258 e. The molecule has 3 aromatic carbocycles. The number of anilines is 1. The molecule has 4 rings (SSSR count). The lowest BCUT2D eigenvalue weighted by Crippen LogP contribution is -2.33. The highest BCUT2D eigenvalue weighted by atomic mass is 35.5. The molecule has 1 amide bonds. The Balaban J connectivity index is 1.83. The number of carbonyl (C=O) groups excluding carboxylic acids is 1. The van der Waals surface area contributed by atoms with Crippen LogP contribution in [0.3, 0.4) is 0 Å². The van der Waals surface area contributed by atoms with Crippen molar-refractivity contribution in [1.29, 1.82) is 0 Å². The summed E-state index contributed by atoms with van der Waals surface area (Å²) in [6.07, 6.45) is 0. The zero-order valence-corrected chi connectivity index (χ0v) is 17.9. The van der Waals surface area contributed by atoms with E-state index in [9.17, 15) is 9.59 Å². The van der Waals surface area contributed by atoms with Crippen molar-refractivity contribution >= 4 is 34.1 Å². The van der Waals surface area contributed by atoms with Crippen LogP contribution in [0.5, 0.6) is 5.75 Å². The molecule has 6 heteroatoms. The molecule has 0 saturated carbocycles. The molecule has 1 aromatic heterocycles. The van der Waals surface area contributed by atoms with Gasteiger partial charge in [0.2, 0.25) is 0 Å². The van der Waals surface area contributed by atoms with Gasteiger partial charge < -0.3 is 14.6 Å². The summed E-state index contributed by atoms with van der Waals surface area (Å²) in [5.74, 6) is 0.252. The Labute approximate surface area is 184 Å². The fraction of sp³-hybridized carbons (Fsp3) is 0.120. The first-order valence-corrected chi connectivity index (χ1v) is 10.2. The predicted octanol–water partition coefficient (Wildman–Crippen LogP) is 5.35. The average Bonchev–Trinajstić information content (AvgIpc) is 2.78.